The Balaban J connectivity index is 0.00000169. The summed E-state index contributed by atoms with van der Waals surface area (Å²) in [4.78, 5) is 12.6. The number of carbonyl (C=O) groups is 1. The van der Waals surface area contributed by atoms with Gasteiger partial charge in [-0.05, 0) is 19.4 Å². The van der Waals surface area contributed by atoms with E-state index in [0.29, 0.717) is 6.61 Å². The van der Waals surface area contributed by atoms with Crippen molar-refractivity contribution in [2.24, 2.45) is 0 Å². The van der Waals surface area contributed by atoms with E-state index in [0.717, 1.165) is 25.9 Å². The molecule has 0 spiro atoms. The van der Waals surface area contributed by atoms with E-state index in [-0.39, 0.29) is 63.8 Å². The van der Waals surface area contributed by atoms with E-state index in [9.17, 15) is 9.90 Å². The Bertz CT molecular complexity index is 177. The predicted molar refractivity (Wildman–Crippen MR) is 46.1 cm³/mol. The Kier molecular flexibility index (Phi) is 8.81. The first-order chi connectivity index (χ1) is 6.24. The van der Waals surface area contributed by atoms with E-state index in [1.54, 1.807) is 7.11 Å². The summed E-state index contributed by atoms with van der Waals surface area (Å²) < 4.78 is 4.95. The molecule has 1 heterocycles. The van der Waals surface area contributed by atoms with E-state index < -0.39 is 5.97 Å². The molecule has 1 fully saturated rings. The Morgan fingerprint density at radius 2 is 2.36 bits per heavy atom. The van der Waals surface area contributed by atoms with Crippen molar-refractivity contribution in [2.45, 2.75) is 25.3 Å². The van der Waals surface area contributed by atoms with Crippen LogP contribution in [0.15, 0.2) is 0 Å². The Labute approximate surface area is 127 Å². The molecule has 1 aliphatic heterocycles. The molecule has 5 heteroatoms. The minimum atomic E-state index is -0.950. The number of hydrogen-bond donors (Lipinski definition) is 0. The molecule has 0 N–H and O–H groups in total. The van der Waals surface area contributed by atoms with E-state index in [4.69, 9.17) is 4.74 Å². The molecule has 0 saturated carbocycles. The molecule has 0 aromatic rings. The Morgan fingerprint density at radius 1 is 1.64 bits per heavy atom. The minimum Gasteiger partial charge on any atom is -0.550 e. The fourth-order valence-corrected chi connectivity index (χ4v) is 1.82. The van der Waals surface area contributed by atoms with Crippen LogP contribution in [0.25, 0.3) is 0 Å². The molecule has 0 radical (unpaired) electrons. The van der Waals surface area contributed by atoms with Gasteiger partial charge in [-0.15, -0.1) is 0 Å². The van der Waals surface area contributed by atoms with Gasteiger partial charge in [-0.1, -0.05) is 0 Å². The molecule has 4 nitrogen and oxygen atoms in total. The topological polar surface area (TPSA) is 52.6 Å². The van der Waals surface area contributed by atoms with Gasteiger partial charge in [-0.3, -0.25) is 4.90 Å². The monoisotopic (exact) mass is 225 g/mol. The number of carboxylic acid groups (broad SMARTS) is 1. The number of ether oxygens (including phenoxy) is 1. The van der Waals surface area contributed by atoms with Crippen LogP contribution in [0.2, 0.25) is 0 Å². The zero-order valence-electron chi connectivity index (χ0n) is 8.99. The molecule has 0 bridgehead atoms. The zero-order chi connectivity index (χ0) is 9.68. The third-order valence-electron chi connectivity index (χ3n) is 2.48. The van der Waals surface area contributed by atoms with Crippen molar-refractivity contribution < 1.29 is 66.0 Å². The fourth-order valence-electron chi connectivity index (χ4n) is 1.82. The maximum atomic E-state index is 10.4. The summed E-state index contributed by atoms with van der Waals surface area (Å²) in [6.07, 6.45) is 2.21. The fraction of sp³-hybridized carbons (Fsp3) is 0.889. The largest absolute Gasteiger partial charge is 1.00 e. The van der Waals surface area contributed by atoms with Crippen molar-refractivity contribution in [2.75, 3.05) is 26.8 Å². The van der Waals surface area contributed by atoms with E-state index in [2.05, 4.69) is 4.90 Å². The Morgan fingerprint density at radius 3 is 2.93 bits per heavy atom. The van der Waals surface area contributed by atoms with Crippen LogP contribution in [-0.2, 0) is 9.53 Å². The van der Waals surface area contributed by atoms with Crippen LogP contribution in [0.4, 0.5) is 0 Å². The third-order valence-corrected chi connectivity index (χ3v) is 2.48. The first kappa shape index (κ1) is 15.0. The number of likely N-dealkylation sites (tertiary alicyclic amines) is 1. The summed E-state index contributed by atoms with van der Waals surface area (Å²) in [5.41, 5.74) is 0. The first-order valence-electron chi connectivity index (χ1n) is 4.67. The van der Waals surface area contributed by atoms with Crippen LogP contribution < -0.4 is 56.5 Å². The second kappa shape index (κ2) is 8.21. The van der Waals surface area contributed by atoms with Gasteiger partial charge in [0.1, 0.15) is 0 Å². The zero-order valence-corrected chi connectivity index (χ0v) is 12.1. The Hall–Kier alpha value is 1.03. The molecule has 0 aliphatic carbocycles. The summed E-state index contributed by atoms with van der Waals surface area (Å²) in [5.74, 6) is -0.950. The van der Waals surface area contributed by atoms with E-state index in [1.165, 1.54) is 0 Å². The molecule has 76 valence electrons. The molecule has 1 rings (SSSR count). The number of carboxylic acids is 1. The molecule has 14 heavy (non-hydrogen) atoms. The van der Waals surface area contributed by atoms with Gasteiger partial charge in [0, 0.05) is 32.1 Å². The third kappa shape index (κ3) is 5.20. The summed E-state index contributed by atoms with van der Waals surface area (Å²) in [6.45, 7) is 2.49. The molecule has 1 saturated heterocycles. The van der Waals surface area contributed by atoms with Gasteiger partial charge >= 0.3 is 51.4 Å². The van der Waals surface area contributed by atoms with Crippen LogP contribution in [0.3, 0.4) is 0 Å². The summed E-state index contributed by atoms with van der Waals surface area (Å²) >= 11 is 0. The maximum absolute atomic E-state index is 10.4. The number of carbonyl (C=O) groups excluding carboxylic acids is 1. The van der Waals surface area contributed by atoms with Crippen molar-refractivity contribution >= 4 is 5.97 Å². The summed E-state index contributed by atoms with van der Waals surface area (Å²) in [7, 11) is 1.66. The molecule has 1 unspecified atom stereocenters. The molecule has 0 aromatic carbocycles. The van der Waals surface area contributed by atoms with Crippen molar-refractivity contribution in [1.82, 2.24) is 4.90 Å². The van der Waals surface area contributed by atoms with Gasteiger partial charge in [0.2, 0.25) is 0 Å². The second-order valence-electron chi connectivity index (χ2n) is 3.40. The number of rotatable bonds is 5. The summed E-state index contributed by atoms with van der Waals surface area (Å²) in [5, 5.41) is 10.4. The van der Waals surface area contributed by atoms with Crippen LogP contribution in [0, 0.1) is 0 Å². The van der Waals surface area contributed by atoms with Crippen LogP contribution in [0.1, 0.15) is 19.3 Å². The molecular formula is C9H16KNO3. The van der Waals surface area contributed by atoms with Crippen molar-refractivity contribution in [1.29, 1.82) is 0 Å². The number of hydrogen-bond acceptors (Lipinski definition) is 4. The average molecular weight is 225 g/mol. The van der Waals surface area contributed by atoms with Gasteiger partial charge in [-0.2, -0.15) is 0 Å². The number of aliphatic carboxylic acids is 1. The van der Waals surface area contributed by atoms with E-state index >= 15 is 0 Å². The summed E-state index contributed by atoms with van der Waals surface area (Å²) in [6, 6.07) is 0.167. The van der Waals surface area contributed by atoms with Gasteiger partial charge in [0.25, 0.3) is 0 Å². The smallest absolute Gasteiger partial charge is 0.550 e. The number of nitrogens with zero attached hydrogens (tertiary/aromatic N) is 1. The SMILES string of the molecule is COCCN1CCCC1CC(=O)[O-].[K+]. The predicted octanol–water partition coefficient (Wildman–Crippen LogP) is -3.76. The van der Waals surface area contributed by atoms with Crippen LogP contribution in [0.5, 0.6) is 0 Å². The van der Waals surface area contributed by atoms with Gasteiger partial charge in [0.15, 0.2) is 0 Å². The molecule has 1 aliphatic rings. The minimum absolute atomic E-state index is 0. The molecule has 1 atom stereocenters. The van der Waals surface area contributed by atoms with Gasteiger partial charge < -0.3 is 14.6 Å². The first-order valence-corrected chi connectivity index (χ1v) is 4.67. The molecule has 0 amide bonds. The maximum Gasteiger partial charge on any atom is 1.00 e. The molecule has 0 aromatic heterocycles. The second-order valence-corrected chi connectivity index (χ2v) is 3.40. The van der Waals surface area contributed by atoms with Gasteiger partial charge in [-0.25, -0.2) is 0 Å². The van der Waals surface area contributed by atoms with Crippen LogP contribution in [-0.4, -0.2) is 43.7 Å². The van der Waals surface area contributed by atoms with Gasteiger partial charge in [0.05, 0.1) is 6.61 Å². The van der Waals surface area contributed by atoms with E-state index in [1.807, 2.05) is 0 Å². The normalized spacial score (nSPS) is 21.9. The quantitative estimate of drug-likeness (QED) is 0.451. The average Bonchev–Trinajstić information content (AvgIpc) is 2.48. The van der Waals surface area contributed by atoms with Crippen LogP contribution >= 0.6 is 0 Å². The van der Waals surface area contributed by atoms with Crippen molar-refractivity contribution in [3.05, 3.63) is 0 Å². The van der Waals surface area contributed by atoms with Crippen molar-refractivity contribution in [3.63, 3.8) is 0 Å². The van der Waals surface area contributed by atoms with Crippen molar-refractivity contribution in [3.8, 4) is 0 Å². The molecular weight excluding hydrogens is 209 g/mol. The standard InChI is InChI=1S/C9H17NO3.K/c1-13-6-5-10-4-2-3-8(10)7-9(11)12;/h8H,2-7H2,1H3,(H,11,12);/q;+1/p-1. The number of methoxy groups -OCH3 is 1.